The number of amides is 1. The van der Waals surface area contributed by atoms with E-state index >= 15 is 0 Å². The molecule has 1 aromatic rings. The predicted molar refractivity (Wildman–Crippen MR) is 105 cm³/mol. The summed E-state index contributed by atoms with van der Waals surface area (Å²) in [7, 11) is 0. The molecule has 0 aliphatic heterocycles. The number of carbonyl (C=O) groups is 1. The number of hydrazine groups is 1. The second-order valence-corrected chi connectivity index (χ2v) is 7.56. The van der Waals surface area contributed by atoms with Crippen molar-refractivity contribution >= 4 is 34.8 Å². The van der Waals surface area contributed by atoms with Crippen molar-refractivity contribution in [2.24, 2.45) is 11.8 Å². The minimum Gasteiger partial charge on any atom is -0.482 e. The predicted octanol–water partition coefficient (Wildman–Crippen LogP) is 3.35. The van der Waals surface area contributed by atoms with Gasteiger partial charge in [0.25, 0.3) is 5.91 Å². The van der Waals surface area contributed by atoms with E-state index in [1.165, 1.54) is 12.8 Å². The molecule has 138 valence electrons. The molecule has 0 saturated heterocycles. The fourth-order valence-corrected chi connectivity index (χ4v) is 3.39. The number of ether oxygens (including phenoxy) is 1. The molecule has 1 fully saturated rings. The molecule has 25 heavy (non-hydrogen) atoms. The highest BCUT2D eigenvalue weighted by Crippen LogP contribution is 2.29. The van der Waals surface area contributed by atoms with Crippen molar-refractivity contribution in [2.45, 2.75) is 46.1 Å². The van der Waals surface area contributed by atoms with E-state index in [0.717, 1.165) is 12.0 Å². The number of halogens is 1. The van der Waals surface area contributed by atoms with Crippen LogP contribution in [0.25, 0.3) is 0 Å². The van der Waals surface area contributed by atoms with Crippen LogP contribution in [-0.4, -0.2) is 23.7 Å². The molecule has 0 bridgehead atoms. The summed E-state index contributed by atoms with van der Waals surface area (Å²) in [5.74, 6) is 1.39. The molecule has 2 rings (SSSR count). The lowest BCUT2D eigenvalue weighted by Crippen LogP contribution is -2.53. The van der Waals surface area contributed by atoms with Crippen LogP contribution >= 0.6 is 23.8 Å². The number of rotatable bonds is 4. The van der Waals surface area contributed by atoms with Gasteiger partial charge in [-0.25, -0.2) is 0 Å². The zero-order valence-electron chi connectivity index (χ0n) is 14.9. The van der Waals surface area contributed by atoms with Crippen LogP contribution in [0.2, 0.25) is 5.02 Å². The van der Waals surface area contributed by atoms with E-state index in [1.54, 1.807) is 12.1 Å². The van der Waals surface area contributed by atoms with Gasteiger partial charge < -0.3 is 10.1 Å². The van der Waals surface area contributed by atoms with E-state index in [4.69, 9.17) is 28.6 Å². The van der Waals surface area contributed by atoms with Crippen LogP contribution in [0.5, 0.6) is 5.75 Å². The first-order chi connectivity index (χ1) is 11.9. The number of aryl methyl sites for hydroxylation is 1. The number of nitrogens with one attached hydrogen (secondary N) is 3. The van der Waals surface area contributed by atoms with Crippen LogP contribution in [0.3, 0.4) is 0 Å². The van der Waals surface area contributed by atoms with E-state index in [-0.39, 0.29) is 12.5 Å². The Morgan fingerprint density at radius 1 is 1.32 bits per heavy atom. The summed E-state index contributed by atoms with van der Waals surface area (Å²) in [6.07, 6.45) is 3.55. The zero-order chi connectivity index (χ0) is 18.4. The van der Waals surface area contributed by atoms with Gasteiger partial charge in [-0.05, 0) is 55.1 Å². The van der Waals surface area contributed by atoms with Crippen molar-refractivity contribution in [1.29, 1.82) is 0 Å². The second kappa shape index (κ2) is 9.25. The highest BCUT2D eigenvalue weighted by Gasteiger charge is 2.27. The Morgan fingerprint density at radius 3 is 2.84 bits per heavy atom. The van der Waals surface area contributed by atoms with Crippen molar-refractivity contribution in [1.82, 2.24) is 16.2 Å². The van der Waals surface area contributed by atoms with Crippen LogP contribution in [0.4, 0.5) is 0 Å². The van der Waals surface area contributed by atoms with Gasteiger partial charge >= 0.3 is 0 Å². The Balaban J connectivity index is 1.72. The van der Waals surface area contributed by atoms with Gasteiger partial charge in [0, 0.05) is 6.04 Å². The molecule has 0 unspecified atom stereocenters. The molecule has 1 aliphatic rings. The molecular weight excluding hydrogens is 358 g/mol. The molecule has 0 radical (unpaired) electrons. The molecule has 0 aromatic heterocycles. The number of hydrogen-bond acceptors (Lipinski definition) is 3. The summed E-state index contributed by atoms with van der Waals surface area (Å²) in [5.41, 5.74) is 6.29. The van der Waals surface area contributed by atoms with Gasteiger partial charge in [-0.3, -0.25) is 15.6 Å². The fraction of sp³-hybridized carbons (Fsp3) is 0.556. The van der Waals surface area contributed by atoms with E-state index in [1.807, 2.05) is 13.0 Å². The van der Waals surface area contributed by atoms with E-state index in [0.29, 0.717) is 33.8 Å². The summed E-state index contributed by atoms with van der Waals surface area (Å²) in [6.45, 7) is 6.30. The number of benzene rings is 1. The van der Waals surface area contributed by atoms with Gasteiger partial charge in [0.15, 0.2) is 11.7 Å². The summed E-state index contributed by atoms with van der Waals surface area (Å²) in [4.78, 5) is 11.9. The summed E-state index contributed by atoms with van der Waals surface area (Å²) in [6, 6.07) is 5.76. The quantitative estimate of drug-likeness (QED) is 0.549. The topological polar surface area (TPSA) is 62.4 Å². The van der Waals surface area contributed by atoms with Crippen LogP contribution in [0, 0.1) is 18.8 Å². The average Bonchev–Trinajstić information content (AvgIpc) is 2.58. The third-order valence-corrected chi connectivity index (χ3v) is 5.32. The lowest BCUT2D eigenvalue weighted by molar-refractivity contribution is -0.123. The normalized spacial score (nSPS) is 22.8. The highest BCUT2D eigenvalue weighted by atomic mass is 35.5. The highest BCUT2D eigenvalue weighted by molar-refractivity contribution is 7.80. The molecule has 1 saturated carbocycles. The fourth-order valence-electron chi connectivity index (χ4n) is 3.02. The van der Waals surface area contributed by atoms with Gasteiger partial charge in [0.1, 0.15) is 5.75 Å². The van der Waals surface area contributed by atoms with Gasteiger partial charge in [0.05, 0.1) is 5.02 Å². The molecule has 3 N–H and O–H groups in total. The molecule has 1 aromatic carbocycles. The largest absolute Gasteiger partial charge is 0.482 e. The molecule has 0 heterocycles. The summed E-state index contributed by atoms with van der Waals surface area (Å²) < 4.78 is 5.45. The van der Waals surface area contributed by atoms with E-state index in [9.17, 15) is 4.79 Å². The smallest absolute Gasteiger partial charge is 0.276 e. The first-order valence-corrected chi connectivity index (χ1v) is 9.39. The van der Waals surface area contributed by atoms with Crippen molar-refractivity contribution in [3.8, 4) is 5.75 Å². The van der Waals surface area contributed by atoms with Gasteiger partial charge in [-0.2, -0.15) is 0 Å². The number of thiocarbonyl (C=S) groups is 1. The summed E-state index contributed by atoms with van der Waals surface area (Å²) in [5, 5.41) is 4.19. The molecular formula is C18H26ClN3O2S. The van der Waals surface area contributed by atoms with Crippen molar-refractivity contribution < 1.29 is 9.53 Å². The third kappa shape index (κ3) is 6.04. The van der Waals surface area contributed by atoms with E-state index in [2.05, 4.69) is 30.0 Å². The SMILES string of the molecule is Cc1ccc(Cl)c(OCC(=O)NNC(=S)N[C@H]2CCC[C@H](C)[C@@H]2C)c1. The van der Waals surface area contributed by atoms with Crippen molar-refractivity contribution in [3.63, 3.8) is 0 Å². The second-order valence-electron chi connectivity index (χ2n) is 6.74. The first-order valence-electron chi connectivity index (χ1n) is 8.61. The maximum Gasteiger partial charge on any atom is 0.276 e. The van der Waals surface area contributed by atoms with Crippen LogP contribution in [-0.2, 0) is 4.79 Å². The van der Waals surface area contributed by atoms with E-state index < -0.39 is 0 Å². The van der Waals surface area contributed by atoms with Crippen LogP contribution in [0.15, 0.2) is 18.2 Å². The van der Waals surface area contributed by atoms with Crippen LogP contribution < -0.4 is 20.9 Å². The van der Waals surface area contributed by atoms with Crippen LogP contribution in [0.1, 0.15) is 38.7 Å². The maximum absolute atomic E-state index is 11.9. The molecule has 3 atom stereocenters. The Kier molecular flexibility index (Phi) is 7.32. The van der Waals surface area contributed by atoms with Gasteiger partial charge in [0.2, 0.25) is 0 Å². The molecule has 1 amide bonds. The molecule has 1 aliphatic carbocycles. The number of hydrogen-bond donors (Lipinski definition) is 3. The Labute approximate surface area is 159 Å². The lowest BCUT2D eigenvalue weighted by atomic mass is 9.78. The van der Waals surface area contributed by atoms with Gasteiger partial charge in [-0.1, -0.05) is 44.4 Å². The monoisotopic (exact) mass is 383 g/mol. The molecule has 0 spiro atoms. The average molecular weight is 384 g/mol. The Hall–Kier alpha value is -1.53. The lowest BCUT2D eigenvalue weighted by Gasteiger charge is -2.35. The minimum atomic E-state index is -0.327. The Morgan fingerprint density at radius 2 is 2.08 bits per heavy atom. The minimum absolute atomic E-state index is 0.143. The Bertz CT molecular complexity index is 626. The molecule has 5 nitrogen and oxygen atoms in total. The van der Waals surface area contributed by atoms with Crippen molar-refractivity contribution in [3.05, 3.63) is 28.8 Å². The van der Waals surface area contributed by atoms with Gasteiger partial charge in [-0.15, -0.1) is 0 Å². The molecule has 7 heteroatoms. The number of carbonyl (C=O) groups excluding carboxylic acids is 1. The summed E-state index contributed by atoms with van der Waals surface area (Å²) >= 11 is 11.3. The van der Waals surface area contributed by atoms with Crippen molar-refractivity contribution in [2.75, 3.05) is 6.61 Å². The standard InChI is InChI=1S/C18H26ClN3O2S/c1-11-7-8-14(19)16(9-11)24-10-17(23)21-22-18(25)20-15-6-4-5-12(2)13(15)3/h7-9,12-13,15H,4-6,10H2,1-3H3,(H,21,23)(H2,20,22,25)/t12-,13-,15-/m0/s1. The third-order valence-electron chi connectivity index (χ3n) is 4.78. The maximum atomic E-state index is 11.9. The zero-order valence-corrected chi connectivity index (χ0v) is 16.5. The first kappa shape index (κ1) is 19.8.